The monoisotopic (exact) mass is 220 g/mol. The Balaban J connectivity index is 4.39. The summed E-state index contributed by atoms with van der Waals surface area (Å²) in [7, 11) is 0. The molecule has 0 N–H and O–H groups in total. The average molecular weight is 219 g/mol. The van der Waals surface area contributed by atoms with Crippen LogP contribution >= 0.6 is 0 Å². The third-order valence-electron chi connectivity index (χ3n) is 2.65. The Kier molecular flexibility index (Phi) is 4.81. The van der Waals surface area contributed by atoms with E-state index in [9.17, 15) is 4.79 Å². The predicted molar refractivity (Wildman–Crippen MR) is 49.3 cm³/mol. The van der Waals surface area contributed by atoms with Gasteiger partial charge in [-0.15, -0.1) is 0 Å². The van der Waals surface area contributed by atoms with Crippen molar-refractivity contribution < 1.29 is 8.56 Å². The van der Waals surface area contributed by atoms with Crippen LogP contribution in [0.1, 0.15) is 40.0 Å². The molecule has 0 aliphatic heterocycles. The van der Waals surface area contributed by atoms with E-state index in [4.69, 9.17) is 3.76 Å². The molecule has 0 aromatic rings. The fraction of sp³-hybridized carbons (Fsp3) is 0.875. The van der Waals surface area contributed by atoms with Gasteiger partial charge in [0.25, 0.3) is 0 Å². The zero-order valence-electron chi connectivity index (χ0n) is 7.94. The maximum absolute atomic E-state index is 11.4. The van der Waals surface area contributed by atoms with Crippen molar-refractivity contribution in [3.05, 3.63) is 0 Å². The molecule has 0 saturated heterocycles. The van der Waals surface area contributed by atoms with Crippen LogP contribution < -0.4 is 0 Å². The van der Waals surface area contributed by atoms with Gasteiger partial charge in [-0.05, 0) is 0 Å². The van der Waals surface area contributed by atoms with Gasteiger partial charge in [0.2, 0.25) is 0 Å². The molecule has 0 amide bonds. The molecule has 0 saturated carbocycles. The summed E-state index contributed by atoms with van der Waals surface area (Å²) in [6, 6.07) is 0. The first kappa shape index (κ1) is 11.0. The van der Waals surface area contributed by atoms with Gasteiger partial charge in [-0.2, -0.15) is 0 Å². The first-order valence-electron chi connectivity index (χ1n) is 4.25. The minimum absolute atomic E-state index is 0.0185. The molecular formula is C8H18GeO2. The molecule has 0 bridgehead atoms. The second kappa shape index (κ2) is 4.80. The molecule has 66 valence electrons. The number of carbonyl (C=O) groups excluding carboxylic acids is 1. The van der Waals surface area contributed by atoms with E-state index in [1.54, 1.807) is 0 Å². The molecule has 0 atom stereocenters. The van der Waals surface area contributed by atoms with E-state index in [2.05, 4.69) is 20.8 Å². The summed E-state index contributed by atoms with van der Waals surface area (Å²) < 4.78 is 4.94. The SMILES string of the molecule is CCC(CC)(CC)C(=O)[O][GeH3]. The molecule has 2 nitrogen and oxygen atoms in total. The molecule has 0 heterocycles. The molecule has 0 fully saturated rings. The van der Waals surface area contributed by atoms with Gasteiger partial charge in [-0.25, -0.2) is 0 Å². The van der Waals surface area contributed by atoms with E-state index in [1.165, 1.54) is 0 Å². The fourth-order valence-corrected chi connectivity index (χ4v) is 2.31. The van der Waals surface area contributed by atoms with Crippen molar-refractivity contribution in [1.82, 2.24) is 0 Å². The molecule has 0 aromatic carbocycles. The molecule has 0 aliphatic rings. The van der Waals surface area contributed by atoms with Crippen molar-refractivity contribution in [2.75, 3.05) is 0 Å². The Hall–Kier alpha value is 0.0129. The second-order valence-electron chi connectivity index (χ2n) is 2.83. The van der Waals surface area contributed by atoms with E-state index in [0.717, 1.165) is 19.3 Å². The van der Waals surface area contributed by atoms with E-state index >= 15 is 0 Å². The van der Waals surface area contributed by atoms with E-state index in [-0.39, 0.29) is 28.2 Å². The summed E-state index contributed by atoms with van der Waals surface area (Å²) in [5.74, 6) is 0.0185. The molecule has 3 heteroatoms. The Morgan fingerprint density at radius 3 is 1.73 bits per heavy atom. The predicted octanol–water partition coefficient (Wildman–Crippen LogP) is 1.03. The maximum atomic E-state index is 11.4. The Labute approximate surface area is 77.3 Å². The molecule has 11 heavy (non-hydrogen) atoms. The van der Waals surface area contributed by atoms with Gasteiger partial charge >= 0.3 is 76.8 Å². The van der Waals surface area contributed by atoms with E-state index < -0.39 is 0 Å². The van der Waals surface area contributed by atoms with Crippen molar-refractivity contribution in [1.29, 1.82) is 0 Å². The Morgan fingerprint density at radius 2 is 1.64 bits per heavy atom. The molecule has 0 unspecified atom stereocenters. The topological polar surface area (TPSA) is 26.3 Å². The van der Waals surface area contributed by atoms with Crippen molar-refractivity contribution in [3.63, 3.8) is 0 Å². The second-order valence-corrected chi connectivity index (χ2v) is 3.69. The van der Waals surface area contributed by atoms with Gasteiger partial charge in [0, 0.05) is 0 Å². The van der Waals surface area contributed by atoms with Crippen molar-refractivity contribution in [3.8, 4) is 0 Å². The zero-order valence-corrected chi connectivity index (χ0v) is 12.1. The third-order valence-corrected chi connectivity index (χ3v) is 3.43. The molecule has 0 spiro atoms. The Bertz CT molecular complexity index is 122. The van der Waals surface area contributed by atoms with Crippen LogP contribution in [-0.4, -0.2) is 22.8 Å². The van der Waals surface area contributed by atoms with Crippen LogP contribution in [0.3, 0.4) is 0 Å². The quantitative estimate of drug-likeness (QED) is 0.659. The van der Waals surface area contributed by atoms with Crippen LogP contribution in [0.5, 0.6) is 0 Å². The normalized spacial score (nSPS) is 11.5. The Morgan fingerprint density at radius 1 is 1.27 bits per heavy atom. The molecule has 0 radical (unpaired) electrons. The van der Waals surface area contributed by atoms with Crippen LogP contribution in [-0.2, 0) is 8.56 Å². The first-order valence-corrected chi connectivity index (χ1v) is 5.96. The van der Waals surface area contributed by atoms with Crippen LogP contribution in [0.2, 0.25) is 0 Å². The summed E-state index contributed by atoms with van der Waals surface area (Å²) in [5.41, 5.74) is -0.181. The number of carbonyl (C=O) groups is 1. The molecular weight excluding hydrogens is 201 g/mol. The summed E-state index contributed by atoms with van der Waals surface area (Å²) in [4.78, 5) is 11.4. The van der Waals surface area contributed by atoms with Gasteiger partial charge < -0.3 is 0 Å². The standard InChI is InChI=1S/C8H18GeO2/c1-4-8(5-2,6-3)7(10)11-9/h4-6H2,1-3,9H3. The van der Waals surface area contributed by atoms with Crippen LogP contribution in [0.25, 0.3) is 0 Å². The van der Waals surface area contributed by atoms with Gasteiger partial charge in [0.15, 0.2) is 0 Å². The van der Waals surface area contributed by atoms with Crippen LogP contribution in [0, 0.1) is 5.41 Å². The van der Waals surface area contributed by atoms with Gasteiger partial charge in [0.1, 0.15) is 0 Å². The molecule has 0 aromatic heterocycles. The molecule has 0 rings (SSSR count). The van der Waals surface area contributed by atoms with E-state index in [1.807, 2.05) is 0 Å². The summed E-state index contributed by atoms with van der Waals surface area (Å²) in [6.07, 6.45) is 2.69. The van der Waals surface area contributed by atoms with Crippen molar-refractivity contribution >= 4 is 22.8 Å². The van der Waals surface area contributed by atoms with E-state index in [0.29, 0.717) is 0 Å². The van der Waals surface area contributed by atoms with Crippen molar-refractivity contribution in [2.45, 2.75) is 40.0 Å². The van der Waals surface area contributed by atoms with Crippen LogP contribution in [0.4, 0.5) is 0 Å². The number of rotatable bonds is 4. The van der Waals surface area contributed by atoms with Gasteiger partial charge in [-0.1, -0.05) is 0 Å². The number of hydrogen-bond acceptors (Lipinski definition) is 2. The van der Waals surface area contributed by atoms with Gasteiger partial charge in [0.05, 0.1) is 0 Å². The third kappa shape index (κ3) is 2.22. The fourth-order valence-electron chi connectivity index (χ4n) is 1.40. The zero-order chi connectivity index (χ0) is 8.91. The number of hydrogen-bond donors (Lipinski definition) is 0. The molecule has 0 aliphatic carbocycles. The summed E-state index contributed by atoms with van der Waals surface area (Å²) >= 11 is 0.189. The summed E-state index contributed by atoms with van der Waals surface area (Å²) in [6.45, 7) is 6.16. The summed E-state index contributed by atoms with van der Waals surface area (Å²) in [5, 5.41) is 0. The van der Waals surface area contributed by atoms with Crippen LogP contribution in [0.15, 0.2) is 0 Å². The van der Waals surface area contributed by atoms with Crippen molar-refractivity contribution in [2.24, 2.45) is 5.41 Å². The first-order chi connectivity index (χ1) is 5.16. The minimum atomic E-state index is -0.181. The average Bonchev–Trinajstić information content (AvgIpc) is 2.08. The van der Waals surface area contributed by atoms with Gasteiger partial charge in [-0.3, -0.25) is 0 Å².